The molecule has 0 amide bonds. The maximum absolute atomic E-state index is 3.49. The SMILES string of the molecule is CNC1CCCN(C2CCC23CCCCC3)C1. The summed E-state index contributed by atoms with van der Waals surface area (Å²) >= 11 is 0. The van der Waals surface area contributed by atoms with Crippen molar-refractivity contribution >= 4 is 0 Å². The first kappa shape index (κ1) is 12.0. The molecule has 2 nitrogen and oxygen atoms in total. The summed E-state index contributed by atoms with van der Waals surface area (Å²) in [5, 5.41) is 3.49. The molecule has 0 aromatic rings. The van der Waals surface area contributed by atoms with Crippen LogP contribution in [0.1, 0.15) is 57.8 Å². The Labute approximate surface area is 106 Å². The highest BCUT2D eigenvalue weighted by molar-refractivity contribution is 5.03. The zero-order valence-electron chi connectivity index (χ0n) is 11.4. The molecular formula is C15H28N2. The highest BCUT2D eigenvalue weighted by Gasteiger charge is 2.49. The van der Waals surface area contributed by atoms with Gasteiger partial charge in [-0.2, -0.15) is 0 Å². The zero-order chi connectivity index (χ0) is 11.7. The molecule has 3 fully saturated rings. The van der Waals surface area contributed by atoms with Crippen molar-refractivity contribution in [1.29, 1.82) is 0 Å². The third-order valence-electron chi connectivity index (χ3n) is 5.77. The fraction of sp³-hybridized carbons (Fsp3) is 1.00. The van der Waals surface area contributed by atoms with Crippen LogP contribution in [0.4, 0.5) is 0 Å². The second-order valence-corrected chi connectivity index (χ2v) is 6.60. The molecule has 0 aromatic carbocycles. The standard InChI is InChI=1S/C15H28N2/c1-16-13-6-5-11-17(12-13)14-7-10-15(14)8-3-2-4-9-15/h13-14,16H,2-12H2,1H3. The Kier molecular flexibility index (Phi) is 3.45. The first-order chi connectivity index (χ1) is 8.34. The summed E-state index contributed by atoms with van der Waals surface area (Å²) in [6.45, 7) is 2.67. The summed E-state index contributed by atoms with van der Waals surface area (Å²) in [6.07, 6.45) is 13.3. The predicted octanol–water partition coefficient (Wildman–Crippen LogP) is 2.78. The summed E-state index contributed by atoms with van der Waals surface area (Å²) < 4.78 is 0. The molecule has 3 aliphatic rings. The van der Waals surface area contributed by atoms with E-state index in [9.17, 15) is 0 Å². The van der Waals surface area contributed by atoms with Crippen molar-refractivity contribution in [3.05, 3.63) is 0 Å². The number of piperidine rings is 1. The third kappa shape index (κ3) is 2.15. The Hall–Kier alpha value is -0.0800. The summed E-state index contributed by atoms with van der Waals surface area (Å²) in [4.78, 5) is 2.83. The molecule has 1 saturated heterocycles. The molecular weight excluding hydrogens is 208 g/mol. The van der Waals surface area contributed by atoms with E-state index in [4.69, 9.17) is 0 Å². The van der Waals surface area contributed by atoms with Gasteiger partial charge in [0.25, 0.3) is 0 Å². The Morgan fingerprint density at radius 2 is 1.82 bits per heavy atom. The number of nitrogens with one attached hydrogen (secondary N) is 1. The Bertz CT molecular complexity index is 258. The van der Waals surface area contributed by atoms with Gasteiger partial charge in [0.2, 0.25) is 0 Å². The fourth-order valence-corrected chi connectivity index (χ4v) is 4.62. The number of likely N-dealkylation sites (tertiary alicyclic amines) is 1. The normalized spacial score (nSPS) is 37.9. The van der Waals surface area contributed by atoms with Crippen LogP contribution in [0.2, 0.25) is 0 Å². The van der Waals surface area contributed by atoms with Crippen molar-refractivity contribution in [1.82, 2.24) is 10.2 Å². The number of hydrogen-bond acceptors (Lipinski definition) is 2. The lowest BCUT2D eigenvalue weighted by atomic mass is 9.56. The first-order valence-electron chi connectivity index (χ1n) is 7.75. The van der Waals surface area contributed by atoms with Crippen molar-refractivity contribution in [3.63, 3.8) is 0 Å². The molecule has 1 heterocycles. The number of nitrogens with zero attached hydrogens (tertiary/aromatic N) is 1. The van der Waals surface area contributed by atoms with Gasteiger partial charge in [-0.05, 0) is 57.5 Å². The smallest absolute Gasteiger partial charge is 0.0192 e. The molecule has 2 unspecified atom stereocenters. The average molecular weight is 236 g/mol. The highest BCUT2D eigenvalue weighted by atomic mass is 15.2. The van der Waals surface area contributed by atoms with E-state index in [1.54, 1.807) is 0 Å². The topological polar surface area (TPSA) is 15.3 Å². The summed E-state index contributed by atoms with van der Waals surface area (Å²) in [7, 11) is 2.13. The van der Waals surface area contributed by atoms with Crippen molar-refractivity contribution in [2.45, 2.75) is 69.9 Å². The molecule has 1 aliphatic heterocycles. The van der Waals surface area contributed by atoms with Crippen LogP contribution in [0.15, 0.2) is 0 Å². The van der Waals surface area contributed by atoms with Gasteiger partial charge >= 0.3 is 0 Å². The minimum atomic E-state index is 0.755. The molecule has 0 radical (unpaired) electrons. The summed E-state index contributed by atoms with van der Waals surface area (Å²) in [5.41, 5.74) is 0.758. The number of rotatable bonds is 2. The predicted molar refractivity (Wildman–Crippen MR) is 72.2 cm³/mol. The quantitative estimate of drug-likeness (QED) is 0.793. The number of hydrogen-bond donors (Lipinski definition) is 1. The van der Waals surface area contributed by atoms with E-state index < -0.39 is 0 Å². The van der Waals surface area contributed by atoms with E-state index in [1.165, 1.54) is 70.9 Å². The van der Waals surface area contributed by atoms with E-state index in [1.807, 2.05) is 0 Å². The van der Waals surface area contributed by atoms with Gasteiger partial charge in [0, 0.05) is 18.6 Å². The van der Waals surface area contributed by atoms with Crippen LogP contribution >= 0.6 is 0 Å². The van der Waals surface area contributed by atoms with Gasteiger partial charge in [0.05, 0.1) is 0 Å². The molecule has 1 spiro atoms. The lowest BCUT2D eigenvalue weighted by Crippen LogP contribution is -2.60. The van der Waals surface area contributed by atoms with Crippen LogP contribution in [0.25, 0.3) is 0 Å². The monoisotopic (exact) mass is 236 g/mol. The van der Waals surface area contributed by atoms with Gasteiger partial charge in [0.1, 0.15) is 0 Å². The van der Waals surface area contributed by atoms with Crippen LogP contribution in [0, 0.1) is 5.41 Å². The molecule has 0 aromatic heterocycles. The van der Waals surface area contributed by atoms with Gasteiger partial charge in [-0.15, -0.1) is 0 Å². The lowest BCUT2D eigenvalue weighted by Gasteiger charge is -2.57. The van der Waals surface area contributed by atoms with E-state index in [-0.39, 0.29) is 0 Å². The summed E-state index contributed by atoms with van der Waals surface area (Å²) in [6, 6.07) is 1.70. The number of likely N-dealkylation sites (N-methyl/N-ethyl adjacent to an activating group) is 1. The minimum Gasteiger partial charge on any atom is -0.316 e. The maximum Gasteiger partial charge on any atom is 0.0192 e. The van der Waals surface area contributed by atoms with E-state index in [2.05, 4.69) is 17.3 Å². The van der Waals surface area contributed by atoms with Crippen LogP contribution in [-0.4, -0.2) is 37.1 Å². The summed E-state index contributed by atoms with van der Waals surface area (Å²) in [5.74, 6) is 0. The molecule has 3 rings (SSSR count). The molecule has 17 heavy (non-hydrogen) atoms. The van der Waals surface area contributed by atoms with Crippen molar-refractivity contribution < 1.29 is 0 Å². The van der Waals surface area contributed by atoms with Crippen molar-refractivity contribution in [3.8, 4) is 0 Å². The molecule has 2 atom stereocenters. The largest absolute Gasteiger partial charge is 0.316 e. The molecule has 0 bridgehead atoms. The second kappa shape index (κ2) is 4.89. The van der Waals surface area contributed by atoms with Crippen molar-refractivity contribution in [2.75, 3.05) is 20.1 Å². The Morgan fingerprint density at radius 3 is 2.47 bits per heavy atom. The molecule has 98 valence electrons. The van der Waals surface area contributed by atoms with E-state index in [0.717, 1.165) is 17.5 Å². The lowest BCUT2D eigenvalue weighted by molar-refractivity contribution is -0.0632. The fourth-order valence-electron chi connectivity index (χ4n) is 4.62. The molecule has 2 saturated carbocycles. The Morgan fingerprint density at radius 1 is 1.00 bits per heavy atom. The second-order valence-electron chi connectivity index (χ2n) is 6.60. The van der Waals surface area contributed by atoms with Crippen LogP contribution in [0.3, 0.4) is 0 Å². The highest BCUT2D eigenvalue weighted by Crippen LogP contribution is 2.54. The van der Waals surface area contributed by atoms with Crippen LogP contribution in [-0.2, 0) is 0 Å². The maximum atomic E-state index is 3.49. The van der Waals surface area contributed by atoms with Gasteiger partial charge < -0.3 is 5.32 Å². The van der Waals surface area contributed by atoms with Crippen molar-refractivity contribution in [2.24, 2.45) is 5.41 Å². The van der Waals surface area contributed by atoms with Gasteiger partial charge in [0.15, 0.2) is 0 Å². The average Bonchev–Trinajstić information content (AvgIpc) is 2.39. The Balaban J connectivity index is 1.63. The van der Waals surface area contributed by atoms with Gasteiger partial charge in [-0.3, -0.25) is 4.90 Å². The van der Waals surface area contributed by atoms with Crippen LogP contribution < -0.4 is 5.32 Å². The van der Waals surface area contributed by atoms with Crippen LogP contribution in [0.5, 0.6) is 0 Å². The molecule has 2 aliphatic carbocycles. The van der Waals surface area contributed by atoms with E-state index >= 15 is 0 Å². The molecule has 2 heteroatoms. The van der Waals surface area contributed by atoms with E-state index in [0.29, 0.717) is 0 Å². The zero-order valence-corrected chi connectivity index (χ0v) is 11.4. The van der Waals surface area contributed by atoms with Gasteiger partial charge in [-0.25, -0.2) is 0 Å². The third-order valence-corrected chi connectivity index (χ3v) is 5.77. The van der Waals surface area contributed by atoms with Gasteiger partial charge in [-0.1, -0.05) is 19.3 Å². The molecule has 1 N–H and O–H groups in total. The minimum absolute atomic E-state index is 0.755. The first-order valence-corrected chi connectivity index (χ1v) is 7.75.